The number of benzene rings is 5. The van der Waals surface area contributed by atoms with E-state index in [1.165, 1.54) is 16.7 Å². The smallest absolute Gasteiger partial charge is 0.182 e. The molecule has 0 spiro atoms. The lowest BCUT2D eigenvalue weighted by Gasteiger charge is -2.19. The molecule has 8 aromatic rings. The van der Waals surface area contributed by atoms with Crippen molar-refractivity contribution in [3.05, 3.63) is 176 Å². The minimum absolute atomic E-state index is 0.494. The highest BCUT2D eigenvalue weighted by Gasteiger charge is 2.19. The summed E-state index contributed by atoms with van der Waals surface area (Å²) in [5.74, 6) is 1.54. The first-order valence-corrected chi connectivity index (χ1v) is 15.8. The zero-order valence-corrected chi connectivity index (χ0v) is 26.0. The van der Waals surface area contributed by atoms with E-state index in [4.69, 9.17) is 15.0 Å². The zero-order chi connectivity index (χ0) is 32.1. The molecule has 0 fully saturated rings. The molecule has 0 aliphatic heterocycles. The normalized spacial score (nSPS) is 10.9. The van der Waals surface area contributed by atoms with Crippen molar-refractivity contribution < 1.29 is 0 Å². The third-order valence-corrected chi connectivity index (χ3v) is 8.29. The summed E-state index contributed by atoms with van der Waals surface area (Å²) in [6.07, 6.45) is 3.49. The number of hydrogen-bond acceptors (Lipinski definition) is 5. The molecule has 0 unspecified atom stereocenters. The van der Waals surface area contributed by atoms with Gasteiger partial charge in [0.05, 0.1) is 0 Å². The van der Waals surface area contributed by atoms with Gasteiger partial charge >= 0.3 is 0 Å². The third kappa shape index (κ3) is 5.77. The van der Waals surface area contributed by atoms with E-state index in [1.54, 1.807) is 12.4 Å². The molecule has 48 heavy (non-hydrogen) atoms. The Kier molecular flexibility index (Phi) is 7.83. The minimum atomic E-state index is 0.494. The summed E-state index contributed by atoms with van der Waals surface area (Å²) in [5.41, 5.74) is 11.3. The van der Waals surface area contributed by atoms with Crippen molar-refractivity contribution in [2.24, 2.45) is 0 Å². The van der Waals surface area contributed by atoms with Crippen molar-refractivity contribution >= 4 is 0 Å². The lowest BCUT2D eigenvalue weighted by molar-refractivity contribution is 1.05. The molecule has 3 heterocycles. The monoisotopic (exact) mass is 615 g/mol. The number of pyridine rings is 2. The first kappa shape index (κ1) is 28.9. The molecule has 8 rings (SSSR count). The average molecular weight is 616 g/mol. The van der Waals surface area contributed by atoms with Crippen LogP contribution in [0.1, 0.15) is 0 Å². The van der Waals surface area contributed by atoms with Gasteiger partial charge in [-0.25, -0.2) is 15.0 Å². The topological polar surface area (TPSA) is 64.5 Å². The minimum Gasteiger partial charge on any atom is -0.253 e. The van der Waals surface area contributed by atoms with Crippen LogP contribution in [-0.4, -0.2) is 24.9 Å². The van der Waals surface area contributed by atoms with Gasteiger partial charge in [-0.15, -0.1) is 0 Å². The fourth-order valence-corrected chi connectivity index (χ4v) is 6.05. The predicted molar refractivity (Wildman–Crippen MR) is 193 cm³/mol. The molecule has 0 N–H and O–H groups in total. The molecule has 0 radical (unpaired) electrons. The number of aromatic nitrogens is 5. The summed E-state index contributed by atoms with van der Waals surface area (Å²) in [6, 6.07) is 56.2. The Bertz CT molecular complexity index is 2250. The van der Waals surface area contributed by atoms with Gasteiger partial charge in [-0.1, -0.05) is 133 Å². The molecule has 5 nitrogen and oxygen atoms in total. The van der Waals surface area contributed by atoms with Crippen LogP contribution in [0.2, 0.25) is 0 Å². The lowest BCUT2D eigenvalue weighted by Crippen LogP contribution is -2.02. The van der Waals surface area contributed by atoms with Gasteiger partial charge in [-0.2, -0.15) is 0 Å². The quantitative estimate of drug-likeness (QED) is 0.178. The Hall–Kier alpha value is -6.59. The van der Waals surface area contributed by atoms with E-state index in [0.29, 0.717) is 28.9 Å². The summed E-state index contributed by atoms with van der Waals surface area (Å²) in [5, 5.41) is 0. The summed E-state index contributed by atoms with van der Waals surface area (Å²) >= 11 is 0. The molecule has 5 heteroatoms. The number of rotatable bonds is 7. The Morgan fingerprint density at radius 2 is 0.792 bits per heavy atom. The number of nitrogens with zero attached hydrogens (tertiary/aromatic N) is 5. The fraction of sp³-hybridized carbons (Fsp3) is 0. The molecule has 0 saturated carbocycles. The molecular weight excluding hydrogens is 587 g/mol. The van der Waals surface area contributed by atoms with Crippen LogP contribution in [-0.2, 0) is 0 Å². The summed E-state index contributed by atoms with van der Waals surface area (Å²) < 4.78 is 0. The van der Waals surface area contributed by atoms with Crippen LogP contribution >= 0.6 is 0 Å². The largest absolute Gasteiger partial charge is 0.253 e. The second-order valence-electron chi connectivity index (χ2n) is 11.3. The Morgan fingerprint density at radius 1 is 0.292 bits per heavy atom. The Balaban J connectivity index is 1.36. The third-order valence-electron chi connectivity index (χ3n) is 8.29. The highest BCUT2D eigenvalue weighted by atomic mass is 15.1. The van der Waals surface area contributed by atoms with Crippen LogP contribution in [0.5, 0.6) is 0 Å². The molecule has 226 valence electrons. The Morgan fingerprint density at radius 3 is 1.35 bits per heavy atom. The molecular formula is C43H29N5. The maximum absolute atomic E-state index is 4.94. The highest BCUT2D eigenvalue weighted by Crippen LogP contribution is 2.44. The lowest BCUT2D eigenvalue weighted by atomic mass is 9.84. The molecule has 5 aromatic carbocycles. The van der Waals surface area contributed by atoms with E-state index in [1.807, 2.05) is 42.5 Å². The Labute approximate surface area is 279 Å². The molecule has 0 atom stereocenters. The molecule has 0 aliphatic rings. The number of hydrogen-bond donors (Lipinski definition) is 0. The van der Waals surface area contributed by atoms with E-state index >= 15 is 0 Å². The zero-order valence-electron chi connectivity index (χ0n) is 26.0. The van der Waals surface area contributed by atoms with Crippen molar-refractivity contribution in [1.29, 1.82) is 0 Å². The maximum Gasteiger partial charge on any atom is 0.182 e. The van der Waals surface area contributed by atoms with E-state index in [9.17, 15) is 0 Å². The van der Waals surface area contributed by atoms with Gasteiger partial charge in [0.15, 0.2) is 17.5 Å². The van der Waals surface area contributed by atoms with Crippen LogP contribution in [0.25, 0.3) is 78.9 Å². The van der Waals surface area contributed by atoms with Crippen molar-refractivity contribution in [3.8, 4) is 78.9 Å². The summed E-state index contributed by atoms with van der Waals surface area (Å²) in [4.78, 5) is 23.7. The average Bonchev–Trinajstić information content (AvgIpc) is 3.19. The van der Waals surface area contributed by atoms with Gasteiger partial charge < -0.3 is 0 Å². The standard InChI is InChI=1S/C43H29N5/c1-4-15-30(16-5-1)34-21-14-22-36(40(34)32-19-8-3-9-20-32)35-26-25-33(29-37(35)31-17-6-2-7-18-31)41-46-42(38-23-10-12-27-44-38)48-43(47-41)39-24-11-13-28-45-39/h1-29H. The van der Waals surface area contributed by atoms with Crippen molar-refractivity contribution in [2.45, 2.75) is 0 Å². The van der Waals surface area contributed by atoms with E-state index < -0.39 is 0 Å². The fourth-order valence-electron chi connectivity index (χ4n) is 6.05. The van der Waals surface area contributed by atoms with Crippen LogP contribution in [0.4, 0.5) is 0 Å². The van der Waals surface area contributed by atoms with Gasteiger partial charge in [0, 0.05) is 18.0 Å². The second kappa shape index (κ2) is 13.0. The predicted octanol–water partition coefficient (Wildman–Crippen LogP) is 10.3. The van der Waals surface area contributed by atoms with Gasteiger partial charge in [0.1, 0.15) is 11.4 Å². The van der Waals surface area contributed by atoms with Crippen molar-refractivity contribution in [2.75, 3.05) is 0 Å². The first-order chi connectivity index (χ1) is 23.8. The van der Waals surface area contributed by atoms with Gasteiger partial charge in [0.25, 0.3) is 0 Å². The van der Waals surface area contributed by atoms with Crippen molar-refractivity contribution in [1.82, 2.24) is 24.9 Å². The van der Waals surface area contributed by atoms with E-state index in [2.05, 4.69) is 131 Å². The van der Waals surface area contributed by atoms with Crippen molar-refractivity contribution in [3.63, 3.8) is 0 Å². The molecule has 0 amide bonds. The molecule has 0 aliphatic carbocycles. The van der Waals surface area contributed by atoms with Gasteiger partial charge in [-0.3, -0.25) is 9.97 Å². The molecule has 3 aromatic heterocycles. The molecule has 0 saturated heterocycles. The van der Waals surface area contributed by atoms with Crippen LogP contribution in [0.3, 0.4) is 0 Å². The van der Waals surface area contributed by atoms with Gasteiger partial charge in [-0.05, 0) is 74.8 Å². The van der Waals surface area contributed by atoms with Crippen LogP contribution in [0.15, 0.2) is 176 Å². The SMILES string of the molecule is c1ccc(-c2cc(-c3nc(-c4ccccn4)nc(-c4ccccn4)n3)ccc2-c2cccc(-c3ccccc3)c2-c2ccccc2)cc1. The highest BCUT2D eigenvalue weighted by molar-refractivity contribution is 5.99. The van der Waals surface area contributed by atoms with E-state index in [-0.39, 0.29) is 0 Å². The summed E-state index contributed by atoms with van der Waals surface area (Å²) in [6.45, 7) is 0. The molecule has 0 bridgehead atoms. The maximum atomic E-state index is 4.94. The summed E-state index contributed by atoms with van der Waals surface area (Å²) in [7, 11) is 0. The van der Waals surface area contributed by atoms with Crippen LogP contribution < -0.4 is 0 Å². The first-order valence-electron chi connectivity index (χ1n) is 15.8. The van der Waals surface area contributed by atoms with Crippen LogP contribution in [0, 0.1) is 0 Å². The van der Waals surface area contributed by atoms with Gasteiger partial charge in [0.2, 0.25) is 0 Å². The second-order valence-corrected chi connectivity index (χ2v) is 11.3. The van der Waals surface area contributed by atoms with E-state index in [0.717, 1.165) is 33.4 Å².